The average Bonchev–Trinajstić information content (AvgIpc) is 2.28. The van der Waals surface area contributed by atoms with Gasteiger partial charge >= 0.3 is 0 Å². The molecule has 1 atom stereocenters. The summed E-state index contributed by atoms with van der Waals surface area (Å²) >= 11 is 3.46. The van der Waals surface area contributed by atoms with Gasteiger partial charge in [-0.05, 0) is 48.9 Å². The molecule has 0 aliphatic carbocycles. The first kappa shape index (κ1) is 16.6. The normalized spacial score (nSPS) is 13.3. The SMILES string of the molecule is CC(C)CC(CNC(C)C)Cc1ccc(F)cc1Br. The Morgan fingerprint density at radius 1 is 1.21 bits per heavy atom. The molecule has 0 bridgehead atoms. The molecule has 1 aromatic carbocycles. The predicted molar refractivity (Wildman–Crippen MR) is 83.9 cm³/mol. The molecule has 1 unspecified atom stereocenters. The van der Waals surface area contributed by atoms with E-state index in [1.807, 2.05) is 6.07 Å². The van der Waals surface area contributed by atoms with Crippen molar-refractivity contribution in [2.24, 2.45) is 11.8 Å². The van der Waals surface area contributed by atoms with Crippen LogP contribution in [0.5, 0.6) is 0 Å². The molecular formula is C16H25BrFN. The number of rotatable bonds is 7. The van der Waals surface area contributed by atoms with Crippen molar-refractivity contribution >= 4 is 15.9 Å². The van der Waals surface area contributed by atoms with E-state index in [4.69, 9.17) is 0 Å². The van der Waals surface area contributed by atoms with Gasteiger partial charge in [-0.2, -0.15) is 0 Å². The fraction of sp³-hybridized carbons (Fsp3) is 0.625. The van der Waals surface area contributed by atoms with Crippen molar-refractivity contribution in [3.05, 3.63) is 34.1 Å². The van der Waals surface area contributed by atoms with Crippen molar-refractivity contribution in [1.29, 1.82) is 0 Å². The van der Waals surface area contributed by atoms with Crippen LogP contribution in [0.2, 0.25) is 0 Å². The molecule has 19 heavy (non-hydrogen) atoms. The van der Waals surface area contributed by atoms with Gasteiger partial charge in [-0.15, -0.1) is 0 Å². The van der Waals surface area contributed by atoms with Gasteiger partial charge in [-0.1, -0.05) is 49.7 Å². The highest BCUT2D eigenvalue weighted by Gasteiger charge is 2.14. The molecule has 0 aromatic heterocycles. The van der Waals surface area contributed by atoms with E-state index < -0.39 is 0 Å². The molecule has 0 spiro atoms. The summed E-state index contributed by atoms with van der Waals surface area (Å²) in [5, 5.41) is 3.51. The molecule has 0 aliphatic heterocycles. The van der Waals surface area contributed by atoms with Gasteiger partial charge in [0.05, 0.1) is 0 Å². The molecule has 1 rings (SSSR count). The lowest BCUT2D eigenvalue weighted by Crippen LogP contribution is -2.30. The van der Waals surface area contributed by atoms with Crippen LogP contribution in [-0.2, 0) is 6.42 Å². The molecule has 0 heterocycles. The van der Waals surface area contributed by atoms with Crippen molar-refractivity contribution in [3.63, 3.8) is 0 Å². The topological polar surface area (TPSA) is 12.0 Å². The summed E-state index contributed by atoms with van der Waals surface area (Å²) in [6, 6.07) is 5.49. The maximum Gasteiger partial charge on any atom is 0.124 e. The van der Waals surface area contributed by atoms with E-state index in [2.05, 4.69) is 48.9 Å². The van der Waals surface area contributed by atoms with Crippen LogP contribution in [0.1, 0.15) is 39.7 Å². The van der Waals surface area contributed by atoms with Gasteiger partial charge in [-0.3, -0.25) is 0 Å². The average molecular weight is 330 g/mol. The van der Waals surface area contributed by atoms with E-state index in [1.165, 1.54) is 12.0 Å². The maximum absolute atomic E-state index is 13.1. The first-order chi connectivity index (χ1) is 8.88. The molecule has 1 nitrogen and oxygen atoms in total. The fourth-order valence-corrected chi connectivity index (χ4v) is 2.82. The maximum atomic E-state index is 13.1. The molecule has 108 valence electrons. The molecule has 3 heteroatoms. The Kier molecular flexibility index (Phi) is 7.01. The second-order valence-corrected chi connectivity index (χ2v) is 6.85. The fourth-order valence-electron chi connectivity index (χ4n) is 2.31. The van der Waals surface area contributed by atoms with Crippen LogP contribution in [0.15, 0.2) is 22.7 Å². The van der Waals surface area contributed by atoms with Gasteiger partial charge in [0.15, 0.2) is 0 Å². The van der Waals surface area contributed by atoms with E-state index in [0.717, 1.165) is 17.4 Å². The Morgan fingerprint density at radius 2 is 1.89 bits per heavy atom. The number of hydrogen-bond acceptors (Lipinski definition) is 1. The third kappa shape index (κ3) is 6.53. The van der Waals surface area contributed by atoms with Gasteiger partial charge in [0.1, 0.15) is 5.82 Å². The van der Waals surface area contributed by atoms with E-state index >= 15 is 0 Å². The van der Waals surface area contributed by atoms with Gasteiger partial charge in [0.25, 0.3) is 0 Å². The molecule has 0 radical (unpaired) electrons. The first-order valence-corrected chi connectivity index (χ1v) is 7.85. The summed E-state index contributed by atoms with van der Waals surface area (Å²) < 4.78 is 14.0. The number of nitrogens with one attached hydrogen (secondary N) is 1. The Balaban J connectivity index is 2.69. The van der Waals surface area contributed by atoms with Crippen LogP contribution in [0.4, 0.5) is 4.39 Å². The second-order valence-electron chi connectivity index (χ2n) is 6.00. The largest absolute Gasteiger partial charge is 0.314 e. The zero-order valence-electron chi connectivity index (χ0n) is 12.3. The minimum Gasteiger partial charge on any atom is -0.314 e. The molecule has 0 saturated heterocycles. The Morgan fingerprint density at radius 3 is 2.42 bits per heavy atom. The molecular weight excluding hydrogens is 305 g/mol. The summed E-state index contributed by atoms with van der Waals surface area (Å²) in [6.45, 7) is 9.85. The third-order valence-electron chi connectivity index (χ3n) is 3.14. The summed E-state index contributed by atoms with van der Waals surface area (Å²) in [7, 11) is 0. The zero-order valence-corrected chi connectivity index (χ0v) is 13.9. The van der Waals surface area contributed by atoms with Gasteiger partial charge in [0.2, 0.25) is 0 Å². The van der Waals surface area contributed by atoms with Crippen molar-refractivity contribution in [2.45, 2.75) is 46.6 Å². The number of hydrogen-bond donors (Lipinski definition) is 1. The van der Waals surface area contributed by atoms with Gasteiger partial charge < -0.3 is 5.32 Å². The molecule has 0 saturated carbocycles. The lowest BCUT2D eigenvalue weighted by Gasteiger charge is -2.21. The minimum atomic E-state index is -0.184. The Bertz CT molecular complexity index is 390. The van der Waals surface area contributed by atoms with Crippen LogP contribution in [0.3, 0.4) is 0 Å². The van der Waals surface area contributed by atoms with E-state index in [0.29, 0.717) is 17.9 Å². The lowest BCUT2D eigenvalue weighted by molar-refractivity contribution is 0.372. The van der Waals surface area contributed by atoms with Crippen LogP contribution in [0, 0.1) is 17.7 Å². The predicted octanol–water partition coefficient (Wildman–Crippen LogP) is 4.79. The van der Waals surface area contributed by atoms with Crippen LogP contribution in [0.25, 0.3) is 0 Å². The second kappa shape index (κ2) is 8.01. The number of benzene rings is 1. The molecule has 1 aromatic rings. The Hall–Kier alpha value is -0.410. The smallest absolute Gasteiger partial charge is 0.124 e. The van der Waals surface area contributed by atoms with Crippen molar-refractivity contribution < 1.29 is 4.39 Å². The van der Waals surface area contributed by atoms with Crippen LogP contribution in [-0.4, -0.2) is 12.6 Å². The summed E-state index contributed by atoms with van der Waals surface area (Å²) in [5.41, 5.74) is 1.19. The van der Waals surface area contributed by atoms with E-state index in [9.17, 15) is 4.39 Å². The van der Waals surface area contributed by atoms with E-state index in [-0.39, 0.29) is 5.82 Å². The molecule has 1 N–H and O–H groups in total. The highest BCUT2D eigenvalue weighted by atomic mass is 79.9. The zero-order chi connectivity index (χ0) is 14.4. The molecule has 0 amide bonds. The highest BCUT2D eigenvalue weighted by molar-refractivity contribution is 9.10. The highest BCUT2D eigenvalue weighted by Crippen LogP contribution is 2.24. The standard InChI is InChI=1S/C16H25BrFN/c1-11(2)7-13(10-19-12(3)4)8-14-5-6-15(18)9-16(14)17/h5-6,9,11-13,19H,7-8,10H2,1-4H3. The van der Waals surface area contributed by atoms with Gasteiger partial charge in [0, 0.05) is 10.5 Å². The summed E-state index contributed by atoms with van der Waals surface area (Å²) in [4.78, 5) is 0. The Labute approximate surface area is 125 Å². The van der Waals surface area contributed by atoms with Crippen molar-refractivity contribution in [2.75, 3.05) is 6.54 Å². The summed E-state index contributed by atoms with van der Waals surface area (Å²) in [5.74, 6) is 1.08. The lowest BCUT2D eigenvalue weighted by atomic mass is 9.90. The van der Waals surface area contributed by atoms with Crippen molar-refractivity contribution in [3.8, 4) is 0 Å². The van der Waals surface area contributed by atoms with Crippen LogP contribution >= 0.6 is 15.9 Å². The molecule has 0 aliphatic rings. The monoisotopic (exact) mass is 329 g/mol. The number of halogens is 2. The third-order valence-corrected chi connectivity index (χ3v) is 3.88. The van der Waals surface area contributed by atoms with Crippen molar-refractivity contribution in [1.82, 2.24) is 5.32 Å². The quantitative estimate of drug-likeness (QED) is 0.758. The minimum absolute atomic E-state index is 0.184. The van der Waals surface area contributed by atoms with E-state index in [1.54, 1.807) is 12.1 Å². The first-order valence-electron chi connectivity index (χ1n) is 7.05. The summed E-state index contributed by atoms with van der Waals surface area (Å²) in [6.07, 6.45) is 2.17. The van der Waals surface area contributed by atoms with Gasteiger partial charge in [-0.25, -0.2) is 4.39 Å². The van der Waals surface area contributed by atoms with Crippen LogP contribution < -0.4 is 5.32 Å². The molecule has 0 fully saturated rings.